The van der Waals surface area contributed by atoms with E-state index in [1.165, 1.54) is 6.07 Å². The van der Waals surface area contributed by atoms with Gasteiger partial charge in [0.15, 0.2) is 5.82 Å². The van der Waals surface area contributed by atoms with Crippen LogP contribution in [0.5, 0.6) is 0 Å². The Morgan fingerprint density at radius 1 is 0.963 bits per heavy atom. The fraction of sp³-hybridized carbons (Fsp3) is 0.447. The number of benzene rings is 2. The third-order valence-corrected chi connectivity index (χ3v) is 10.4. The van der Waals surface area contributed by atoms with Crippen LogP contribution in [-0.4, -0.2) is 100.0 Å². The van der Waals surface area contributed by atoms with Gasteiger partial charge in [-0.25, -0.2) is 9.18 Å². The number of halogens is 1. The highest BCUT2D eigenvalue weighted by Crippen LogP contribution is 2.36. The number of imide groups is 2. The Morgan fingerprint density at radius 2 is 1.74 bits per heavy atom. The number of nitrogens with zero attached hydrogens (tertiary/aromatic N) is 4. The highest BCUT2D eigenvalue weighted by Gasteiger charge is 2.45. The summed E-state index contributed by atoms with van der Waals surface area (Å²) in [6.45, 7) is 6.87. The predicted octanol–water partition coefficient (Wildman–Crippen LogP) is 3.22. The lowest BCUT2D eigenvalue weighted by atomic mass is 10.0. The largest absolute Gasteiger partial charge is 0.446 e. The van der Waals surface area contributed by atoms with E-state index in [1.807, 2.05) is 19.9 Å². The molecule has 4 heterocycles. The number of piperazine rings is 1. The number of ether oxygens (including phenoxy) is 1. The summed E-state index contributed by atoms with van der Waals surface area (Å²) >= 11 is 0. The van der Waals surface area contributed by atoms with Crippen molar-refractivity contribution < 1.29 is 37.9 Å². The maximum absolute atomic E-state index is 15.2. The number of aromatic amines is 1. The summed E-state index contributed by atoms with van der Waals surface area (Å²) in [7, 11) is 0. The molecule has 1 unspecified atom stereocenters. The molecule has 6 amide bonds. The molecule has 3 atom stereocenters. The monoisotopic (exact) mass is 742 g/mol. The van der Waals surface area contributed by atoms with Gasteiger partial charge in [-0.05, 0) is 74.9 Å². The molecule has 1 aliphatic carbocycles. The predicted molar refractivity (Wildman–Crippen MR) is 193 cm³/mol. The Morgan fingerprint density at radius 3 is 2.48 bits per heavy atom. The molecule has 0 radical (unpaired) electrons. The smallest absolute Gasteiger partial charge is 0.407 e. The van der Waals surface area contributed by atoms with Crippen molar-refractivity contribution in [2.24, 2.45) is 0 Å². The molecule has 15 nitrogen and oxygen atoms in total. The number of aromatic nitrogens is 2. The summed E-state index contributed by atoms with van der Waals surface area (Å²) in [4.78, 5) is 80.3. The molecule has 7 rings (SSSR count). The molecule has 1 aromatic heterocycles. The highest BCUT2D eigenvalue weighted by atomic mass is 19.1. The molecule has 3 fully saturated rings. The van der Waals surface area contributed by atoms with Crippen LogP contribution in [0.2, 0.25) is 0 Å². The summed E-state index contributed by atoms with van der Waals surface area (Å²) in [5.41, 5.74) is 3.14. The summed E-state index contributed by atoms with van der Waals surface area (Å²) in [5, 5.41) is 14.9. The number of carbonyl (C=O) groups is 6. The summed E-state index contributed by atoms with van der Waals surface area (Å²) in [6.07, 6.45) is 1.60. The quantitative estimate of drug-likeness (QED) is 0.225. The van der Waals surface area contributed by atoms with Crippen LogP contribution >= 0.6 is 0 Å². The molecule has 16 heteroatoms. The third kappa shape index (κ3) is 7.98. The van der Waals surface area contributed by atoms with Crippen molar-refractivity contribution in [3.8, 4) is 0 Å². The van der Waals surface area contributed by atoms with Gasteiger partial charge in [-0.2, -0.15) is 5.10 Å². The number of hydrogen-bond acceptors (Lipinski definition) is 10. The second kappa shape index (κ2) is 15.4. The van der Waals surface area contributed by atoms with Gasteiger partial charge in [-0.1, -0.05) is 12.1 Å². The van der Waals surface area contributed by atoms with Gasteiger partial charge >= 0.3 is 6.09 Å². The first-order valence-electron chi connectivity index (χ1n) is 18.3. The van der Waals surface area contributed by atoms with E-state index in [0.29, 0.717) is 45.0 Å². The van der Waals surface area contributed by atoms with E-state index < -0.39 is 47.5 Å². The van der Waals surface area contributed by atoms with Crippen LogP contribution in [0.25, 0.3) is 0 Å². The van der Waals surface area contributed by atoms with Crippen LogP contribution in [0.3, 0.4) is 0 Å². The Bertz CT molecular complexity index is 1990. The second-order valence-electron chi connectivity index (χ2n) is 14.6. The van der Waals surface area contributed by atoms with E-state index in [0.717, 1.165) is 34.7 Å². The molecule has 4 aliphatic rings. The van der Waals surface area contributed by atoms with E-state index in [4.69, 9.17) is 4.74 Å². The SMILES string of the molecule is CC(C)NC(=O)O[C@H]1CC[C@@H](c2cc(NC(=O)Cc3ccc(CN4CCN(c5ccc6c(c5)C(=O)N(C5CCC(=O)NC5=O)C6=O)CC4)cc3F)n[nH]2)C1. The van der Waals surface area contributed by atoms with Crippen molar-refractivity contribution in [1.29, 1.82) is 0 Å². The number of alkyl carbamates (subject to hydrolysis) is 1. The van der Waals surface area contributed by atoms with Gasteiger partial charge in [0.05, 0.1) is 17.5 Å². The molecule has 0 bridgehead atoms. The number of piperidine rings is 1. The van der Waals surface area contributed by atoms with Crippen molar-refractivity contribution in [1.82, 2.24) is 30.6 Å². The van der Waals surface area contributed by atoms with Crippen molar-refractivity contribution in [2.75, 3.05) is 36.4 Å². The number of fused-ring (bicyclic) bond motifs is 1. The minimum absolute atomic E-state index is 0.00530. The van der Waals surface area contributed by atoms with Gasteiger partial charge < -0.3 is 20.3 Å². The normalized spacial score (nSPS) is 21.7. The molecular weight excluding hydrogens is 699 g/mol. The average molecular weight is 743 g/mol. The summed E-state index contributed by atoms with van der Waals surface area (Å²) < 4.78 is 20.7. The highest BCUT2D eigenvalue weighted by molar-refractivity contribution is 6.23. The van der Waals surface area contributed by atoms with E-state index in [-0.39, 0.29) is 54.0 Å². The Labute approximate surface area is 310 Å². The van der Waals surface area contributed by atoms with Crippen LogP contribution in [0.1, 0.15) is 89.4 Å². The Balaban J connectivity index is 0.875. The number of rotatable bonds is 10. The minimum atomic E-state index is -1.02. The molecule has 1 saturated carbocycles. The molecule has 3 aliphatic heterocycles. The Kier molecular flexibility index (Phi) is 10.5. The lowest BCUT2D eigenvalue weighted by Crippen LogP contribution is -2.54. The van der Waals surface area contributed by atoms with E-state index in [1.54, 1.807) is 30.3 Å². The van der Waals surface area contributed by atoms with E-state index in [9.17, 15) is 28.8 Å². The van der Waals surface area contributed by atoms with Crippen LogP contribution in [-0.2, 0) is 32.1 Å². The zero-order valence-electron chi connectivity index (χ0n) is 30.2. The second-order valence-corrected chi connectivity index (χ2v) is 14.6. The van der Waals surface area contributed by atoms with Gasteiger partial charge in [0, 0.05) is 68.6 Å². The van der Waals surface area contributed by atoms with Crippen molar-refractivity contribution >= 4 is 47.1 Å². The fourth-order valence-corrected chi connectivity index (χ4v) is 7.63. The average Bonchev–Trinajstić information content (AvgIpc) is 3.85. The first-order chi connectivity index (χ1) is 25.9. The molecule has 54 heavy (non-hydrogen) atoms. The first-order valence-corrected chi connectivity index (χ1v) is 18.3. The van der Waals surface area contributed by atoms with Gasteiger partial charge in [0.2, 0.25) is 17.7 Å². The molecule has 2 aromatic carbocycles. The standard InChI is InChI=1S/C38H43FN8O7/c1-21(2)40-38(53)54-26-7-5-24(16-26)30-19-32(44-43-30)41-34(49)17-23-4-3-22(15-29(23)39)20-45-11-13-46(14-12-45)25-6-8-27-28(18-25)37(52)47(36(27)51)31-9-10-33(48)42-35(31)50/h3-4,6,8,15,18-19,21,24,26,31H,5,7,9-14,16-17,20H2,1-2H3,(H,40,53)(H,42,48,50)(H2,41,43,44,49)/t24-,26+,31?/m1/s1. The zero-order valence-corrected chi connectivity index (χ0v) is 30.2. The van der Waals surface area contributed by atoms with Crippen molar-refractivity contribution in [3.63, 3.8) is 0 Å². The third-order valence-electron chi connectivity index (χ3n) is 10.4. The number of hydrogen-bond donors (Lipinski definition) is 4. The topological polar surface area (TPSA) is 186 Å². The molecule has 284 valence electrons. The molecule has 2 saturated heterocycles. The summed E-state index contributed by atoms with van der Waals surface area (Å²) in [5.74, 6) is -2.54. The number of amides is 6. The van der Waals surface area contributed by atoms with Gasteiger partial charge in [-0.15, -0.1) is 0 Å². The maximum Gasteiger partial charge on any atom is 0.407 e. The lowest BCUT2D eigenvalue weighted by molar-refractivity contribution is -0.136. The number of carbonyl (C=O) groups excluding carboxylic acids is 6. The number of nitrogens with one attached hydrogen (secondary N) is 4. The first kappa shape index (κ1) is 36.7. The minimum Gasteiger partial charge on any atom is -0.446 e. The van der Waals surface area contributed by atoms with Crippen molar-refractivity contribution in [2.45, 2.75) is 83.0 Å². The molecular formula is C38H43FN8O7. The van der Waals surface area contributed by atoms with Gasteiger partial charge in [-0.3, -0.25) is 44.2 Å². The van der Waals surface area contributed by atoms with E-state index in [2.05, 4.69) is 35.9 Å². The van der Waals surface area contributed by atoms with Crippen LogP contribution in [0, 0.1) is 5.82 Å². The van der Waals surface area contributed by atoms with Gasteiger partial charge in [0.1, 0.15) is 18.0 Å². The molecule has 0 spiro atoms. The van der Waals surface area contributed by atoms with Crippen LogP contribution < -0.4 is 20.9 Å². The number of anilines is 2. The van der Waals surface area contributed by atoms with Crippen molar-refractivity contribution in [3.05, 3.63) is 76.2 Å². The molecule has 4 N–H and O–H groups in total. The van der Waals surface area contributed by atoms with Crippen LogP contribution in [0.4, 0.5) is 20.7 Å². The van der Waals surface area contributed by atoms with Gasteiger partial charge in [0.25, 0.3) is 11.8 Å². The van der Waals surface area contributed by atoms with E-state index >= 15 is 4.39 Å². The fourth-order valence-electron chi connectivity index (χ4n) is 7.63. The molecule has 3 aromatic rings. The lowest BCUT2D eigenvalue weighted by Gasteiger charge is -2.36. The van der Waals surface area contributed by atoms with Crippen LogP contribution in [0.15, 0.2) is 42.5 Å². The number of H-pyrrole nitrogens is 1. The Hall–Kier alpha value is -5.64. The maximum atomic E-state index is 15.2. The zero-order chi connectivity index (χ0) is 38.1. The summed E-state index contributed by atoms with van der Waals surface area (Å²) in [6, 6.07) is 10.7.